The first-order chi connectivity index (χ1) is 16.5. The van der Waals surface area contributed by atoms with E-state index in [1.165, 1.54) is 0 Å². The van der Waals surface area contributed by atoms with Crippen LogP contribution in [0.3, 0.4) is 0 Å². The van der Waals surface area contributed by atoms with Gasteiger partial charge in [-0.2, -0.15) is 9.61 Å². The molecule has 0 unspecified atom stereocenters. The van der Waals surface area contributed by atoms with Gasteiger partial charge in [0, 0.05) is 41.3 Å². The summed E-state index contributed by atoms with van der Waals surface area (Å²) < 4.78 is 7.85. The molecule has 5 rings (SSSR count). The molecular formula is C25H23BrClN5O2. The van der Waals surface area contributed by atoms with Crippen molar-refractivity contribution in [2.24, 2.45) is 0 Å². The number of benzene rings is 2. The van der Waals surface area contributed by atoms with Crippen LogP contribution in [-0.4, -0.2) is 51.6 Å². The maximum absolute atomic E-state index is 13.0. The Morgan fingerprint density at radius 3 is 2.71 bits per heavy atom. The van der Waals surface area contributed by atoms with Crippen LogP contribution < -0.4 is 10.1 Å². The van der Waals surface area contributed by atoms with Crippen molar-refractivity contribution in [2.45, 2.75) is 18.9 Å². The number of halogens is 2. The first-order valence-corrected chi connectivity index (χ1v) is 12.2. The van der Waals surface area contributed by atoms with E-state index in [0.29, 0.717) is 35.1 Å². The van der Waals surface area contributed by atoms with Crippen molar-refractivity contribution in [1.82, 2.24) is 19.5 Å². The second kappa shape index (κ2) is 9.64. The zero-order chi connectivity index (χ0) is 23.7. The number of methoxy groups -OCH3 is 1. The molecule has 3 heterocycles. The van der Waals surface area contributed by atoms with Crippen LogP contribution in [0.4, 0.5) is 5.82 Å². The minimum atomic E-state index is 0.0284. The van der Waals surface area contributed by atoms with Crippen molar-refractivity contribution in [3.63, 3.8) is 0 Å². The zero-order valence-corrected chi connectivity index (χ0v) is 20.9. The van der Waals surface area contributed by atoms with Gasteiger partial charge in [0.25, 0.3) is 5.91 Å². The predicted molar refractivity (Wildman–Crippen MR) is 137 cm³/mol. The SMILES string of the molecule is COc1cccc(C(=O)N2CCC(Nc3cc(-c4ccccc4Cl)nc4c(Br)cnn34)CC2)c1. The van der Waals surface area contributed by atoms with Crippen LogP contribution in [0.15, 0.2) is 65.3 Å². The van der Waals surface area contributed by atoms with Gasteiger partial charge in [-0.15, -0.1) is 0 Å². The van der Waals surface area contributed by atoms with E-state index >= 15 is 0 Å². The Balaban J connectivity index is 1.34. The number of hydrogen-bond donors (Lipinski definition) is 1. The first-order valence-electron chi connectivity index (χ1n) is 11.0. The molecule has 9 heteroatoms. The Bertz CT molecular complexity index is 1350. The van der Waals surface area contributed by atoms with Gasteiger partial charge in [0.1, 0.15) is 11.6 Å². The standard InChI is InChI=1S/C25H23BrClN5O2/c1-34-18-6-4-5-16(13-18)25(33)31-11-9-17(10-12-31)29-23-14-22(19-7-2-3-8-21(19)27)30-24-20(26)15-28-32(23)24/h2-8,13-15,17,29H,9-12H2,1H3. The lowest BCUT2D eigenvalue weighted by molar-refractivity contribution is 0.0718. The maximum atomic E-state index is 13.0. The molecule has 0 spiro atoms. The first kappa shape index (κ1) is 22.7. The summed E-state index contributed by atoms with van der Waals surface area (Å²) in [6.45, 7) is 1.34. The molecule has 2 aromatic heterocycles. The molecule has 0 aliphatic carbocycles. The van der Waals surface area contributed by atoms with Gasteiger partial charge in [0.05, 0.1) is 23.5 Å². The van der Waals surface area contributed by atoms with Gasteiger partial charge in [-0.25, -0.2) is 4.98 Å². The highest BCUT2D eigenvalue weighted by Gasteiger charge is 2.25. The fourth-order valence-corrected chi connectivity index (χ4v) is 4.80. The Morgan fingerprint density at radius 1 is 1.15 bits per heavy atom. The number of nitrogens with zero attached hydrogens (tertiary/aromatic N) is 4. The Morgan fingerprint density at radius 2 is 1.94 bits per heavy atom. The van der Waals surface area contributed by atoms with Crippen LogP contribution in [0.5, 0.6) is 5.75 Å². The number of anilines is 1. The van der Waals surface area contributed by atoms with E-state index in [1.807, 2.05) is 53.4 Å². The monoisotopic (exact) mass is 539 g/mol. The Hall–Kier alpha value is -3.10. The highest BCUT2D eigenvalue weighted by Crippen LogP contribution is 2.31. The van der Waals surface area contributed by atoms with Crippen molar-refractivity contribution in [1.29, 1.82) is 0 Å². The quantitative estimate of drug-likeness (QED) is 0.360. The predicted octanol–water partition coefficient (Wildman–Crippen LogP) is 5.54. The molecular weight excluding hydrogens is 518 g/mol. The van der Waals surface area contributed by atoms with E-state index in [1.54, 1.807) is 23.9 Å². The Labute approximate surface area is 210 Å². The molecule has 1 saturated heterocycles. The van der Waals surface area contributed by atoms with Gasteiger partial charge in [-0.1, -0.05) is 35.9 Å². The summed E-state index contributed by atoms with van der Waals surface area (Å²) in [5, 5.41) is 8.74. The summed E-state index contributed by atoms with van der Waals surface area (Å²) in [4.78, 5) is 19.6. The lowest BCUT2D eigenvalue weighted by atomic mass is 10.0. The number of nitrogens with one attached hydrogen (secondary N) is 1. The van der Waals surface area contributed by atoms with Crippen LogP contribution in [0.25, 0.3) is 16.9 Å². The van der Waals surface area contributed by atoms with Gasteiger partial charge in [-0.05, 0) is 53.0 Å². The molecule has 0 atom stereocenters. The number of fused-ring (bicyclic) bond motifs is 1. The molecule has 1 N–H and O–H groups in total. The third-order valence-electron chi connectivity index (χ3n) is 6.03. The van der Waals surface area contributed by atoms with Gasteiger partial charge in [0.15, 0.2) is 5.65 Å². The summed E-state index contributed by atoms with van der Waals surface area (Å²) in [5.74, 6) is 1.55. The molecule has 2 aromatic carbocycles. The third kappa shape index (κ3) is 4.48. The molecule has 0 saturated carbocycles. The number of amides is 1. The minimum absolute atomic E-state index is 0.0284. The molecule has 1 aliphatic rings. The number of piperidine rings is 1. The summed E-state index contributed by atoms with van der Waals surface area (Å²) in [7, 11) is 1.60. The lowest BCUT2D eigenvalue weighted by Gasteiger charge is -2.33. The number of hydrogen-bond acceptors (Lipinski definition) is 5. The van der Waals surface area contributed by atoms with Gasteiger partial charge < -0.3 is 15.0 Å². The van der Waals surface area contributed by atoms with E-state index < -0.39 is 0 Å². The Kier molecular flexibility index (Phi) is 6.43. The second-order valence-corrected chi connectivity index (χ2v) is 9.44. The number of ether oxygens (including phenoxy) is 1. The average Bonchev–Trinajstić information content (AvgIpc) is 3.25. The number of carbonyl (C=O) groups is 1. The zero-order valence-electron chi connectivity index (χ0n) is 18.5. The van der Waals surface area contributed by atoms with Crippen molar-refractivity contribution in [2.75, 3.05) is 25.5 Å². The lowest BCUT2D eigenvalue weighted by Crippen LogP contribution is -2.42. The molecule has 1 amide bonds. The van der Waals surface area contributed by atoms with E-state index in [4.69, 9.17) is 21.3 Å². The number of likely N-dealkylation sites (tertiary alicyclic amines) is 1. The largest absolute Gasteiger partial charge is 0.497 e. The number of aromatic nitrogens is 3. The van der Waals surface area contributed by atoms with E-state index in [9.17, 15) is 4.79 Å². The van der Waals surface area contributed by atoms with Crippen LogP contribution >= 0.6 is 27.5 Å². The molecule has 174 valence electrons. The molecule has 7 nitrogen and oxygen atoms in total. The summed E-state index contributed by atoms with van der Waals surface area (Å²) >= 11 is 9.99. The van der Waals surface area contributed by atoms with Crippen LogP contribution in [0, 0.1) is 0 Å². The topological polar surface area (TPSA) is 71.8 Å². The van der Waals surface area contributed by atoms with Crippen LogP contribution in [0.1, 0.15) is 23.2 Å². The van der Waals surface area contributed by atoms with Crippen molar-refractivity contribution in [3.05, 3.63) is 75.9 Å². The normalized spacial score (nSPS) is 14.4. The van der Waals surface area contributed by atoms with Crippen LogP contribution in [0.2, 0.25) is 5.02 Å². The van der Waals surface area contributed by atoms with Crippen molar-refractivity contribution in [3.8, 4) is 17.0 Å². The fraction of sp³-hybridized carbons (Fsp3) is 0.240. The molecule has 0 radical (unpaired) electrons. The van der Waals surface area contributed by atoms with Crippen LogP contribution in [-0.2, 0) is 0 Å². The average molecular weight is 541 g/mol. The number of rotatable bonds is 5. The molecule has 1 fully saturated rings. The number of carbonyl (C=O) groups excluding carboxylic acids is 1. The smallest absolute Gasteiger partial charge is 0.253 e. The summed E-state index contributed by atoms with van der Waals surface area (Å²) in [5.41, 5.74) is 2.99. The second-order valence-electron chi connectivity index (χ2n) is 8.18. The highest BCUT2D eigenvalue weighted by molar-refractivity contribution is 9.10. The van der Waals surface area contributed by atoms with E-state index in [2.05, 4.69) is 26.3 Å². The van der Waals surface area contributed by atoms with E-state index in [0.717, 1.165) is 34.4 Å². The minimum Gasteiger partial charge on any atom is -0.497 e. The fourth-order valence-electron chi connectivity index (χ4n) is 4.22. The van der Waals surface area contributed by atoms with Crippen molar-refractivity contribution < 1.29 is 9.53 Å². The van der Waals surface area contributed by atoms with Gasteiger partial charge in [-0.3, -0.25) is 4.79 Å². The van der Waals surface area contributed by atoms with Gasteiger partial charge in [0.2, 0.25) is 0 Å². The third-order valence-corrected chi connectivity index (χ3v) is 6.92. The summed E-state index contributed by atoms with van der Waals surface area (Å²) in [6.07, 6.45) is 3.38. The van der Waals surface area contributed by atoms with Gasteiger partial charge >= 0.3 is 0 Å². The summed E-state index contributed by atoms with van der Waals surface area (Å²) in [6, 6.07) is 17.1. The highest BCUT2D eigenvalue weighted by atomic mass is 79.9. The molecule has 1 aliphatic heterocycles. The molecule has 0 bridgehead atoms. The molecule has 34 heavy (non-hydrogen) atoms. The maximum Gasteiger partial charge on any atom is 0.253 e. The van der Waals surface area contributed by atoms with E-state index in [-0.39, 0.29) is 11.9 Å². The van der Waals surface area contributed by atoms with Crippen molar-refractivity contribution >= 4 is 44.9 Å². The molecule has 4 aromatic rings.